The van der Waals surface area contributed by atoms with Crippen molar-refractivity contribution in [2.75, 3.05) is 0 Å². The standard InChI is InChI=1S/C16H18N2O3/c1-2-10-17-11-9-15(20)18(16(17)21)12-8-14(19)13-6-4-3-5-7-13/h3-7,9,11H,2,8,10,12H2,1H3. The summed E-state index contributed by atoms with van der Waals surface area (Å²) in [6, 6.07) is 10.2. The fraction of sp³-hybridized carbons (Fsp3) is 0.312. The van der Waals surface area contributed by atoms with E-state index in [-0.39, 0.29) is 30.0 Å². The van der Waals surface area contributed by atoms with Gasteiger partial charge in [-0.2, -0.15) is 0 Å². The summed E-state index contributed by atoms with van der Waals surface area (Å²) in [6.07, 6.45) is 2.44. The number of carbonyl (C=O) groups is 1. The fourth-order valence-corrected chi connectivity index (χ4v) is 2.16. The number of ketones is 1. The molecule has 2 rings (SSSR count). The lowest BCUT2D eigenvalue weighted by atomic mass is 10.1. The van der Waals surface area contributed by atoms with Crippen LogP contribution < -0.4 is 11.2 Å². The number of carbonyl (C=O) groups excluding carboxylic acids is 1. The summed E-state index contributed by atoms with van der Waals surface area (Å²) in [5, 5.41) is 0. The first-order chi connectivity index (χ1) is 10.1. The van der Waals surface area contributed by atoms with Crippen LogP contribution in [0.4, 0.5) is 0 Å². The first-order valence-electron chi connectivity index (χ1n) is 7.02. The van der Waals surface area contributed by atoms with E-state index in [1.165, 1.54) is 16.8 Å². The summed E-state index contributed by atoms with van der Waals surface area (Å²) in [5.74, 6) is -0.0761. The van der Waals surface area contributed by atoms with E-state index in [1.807, 2.05) is 13.0 Å². The van der Waals surface area contributed by atoms with Gasteiger partial charge in [0.2, 0.25) is 0 Å². The maximum absolute atomic E-state index is 12.1. The molecule has 5 heteroatoms. The van der Waals surface area contributed by atoms with Gasteiger partial charge in [0.1, 0.15) is 0 Å². The highest BCUT2D eigenvalue weighted by molar-refractivity contribution is 5.95. The Balaban J connectivity index is 2.17. The zero-order valence-electron chi connectivity index (χ0n) is 12.0. The molecule has 0 unspecified atom stereocenters. The lowest BCUT2D eigenvalue weighted by Crippen LogP contribution is -2.39. The largest absolute Gasteiger partial charge is 0.330 e. The Bertz CT molecular complexity index is 729. The van der Waals surface area contributed by atoms with E-state index in [0.717, 1.165) is 11.0 Å². The monoisotopic (exact) mass is 286 g/mol. The van der Waals surface area contributed by atoms with Crippen LogP contribution >= 0.6 is 0 Å². The third-order valence-corrected chi connectivity index (χ3v) is 3.26. The molecule has 0 atom stereocenters. The predicted octanol–water partition coefficient (Wildman–Crippen LogP) is 1.69. The van der Waals surface area contributed by atoms with Crippen LogP contribution in [0.3, 0.4) is 0 Å². The van der Waals surface area contributed by atoms with Gasteiger partial charge in [-0.25, -0.2) is 4.79 Å². The van der Waals surface area contributed by atoms with Crippen LogP contribution in [0.15, 0.2) is 52.2 Å². The normalized spacial score (nSPS) is 10.5. The average Bonchev–Trinajstić information content (AvgIpc) is 2.51. The van der Waals surface area contributed by atoms with Gasteiger partial charge in [0.25, 0.3) is 5.56 Å². The van der Waals surface area contributed by atoms with Crippen molar-refractivity contribution in [1.82, 2.24) is 9.13 Å². The Morgan fingerprint density at radius 3 is 2.43 bits per heavy atom. The smallest absolute Gasteiger partial charge is 0.300 e. The number of Topliss-reactive ketones (excluding diaryl/α,β-unsaturated/α-hetero) is 1. The SMILES string of the molecule is CCCn1ccc(=O)n(CCC(=O)c2ccccc2)c1=O. The summed E-state index contributed by atoms with van der Waals surface area (Å²) in [6.45, 7) is 2.63. The zero-order chi connectivity index (χ0) is 15.2. The molecule has 0 bridgehead atoms. The van der Waals surface area contributed by atoms with Gasteiger partial charge in [0.05, 0.1) is 0 Å². The van der Waals surface area contributed by atoms with Crippen molar-refractivity contribution in [2.24, 2.45) is 0 Å². The quantitative estimate of drug-likeness (QED) is 0.759. The maximum atomic E-state index is 12.1. The molecule has 1 heterocycles. The van der Waals surface area contributed by atoms with Crippen molar-refractivity contribution in [3.8, 4) is 0 Å². The van der Waals surface area contributed by atoms with Gasteiger partial charge in [-0.15, -0.1) is 0 Å². The molecule has 0 fully saturated rings. The Morgan fingerprint density at radius 2 is 1.76 bits per heavy atom. The van der Waals surface area contributed by atoms with Gasteiger partial charge in [-0.1, -0.05) is 37.3 Å². The molecule has 0 aliphatic heterocycles. The first-order valence-corrected chi connectivity index (χ1v) is 7.02. The van der Waals surface area contributed by atoms with E-state index in [1.54, 1.807) is 24.3 Å². The van der Waals surface area contributed by atoms with E-state index in [2.05, 4.69) is 0 Å². The Hall–Kier alpha value is -2.43. The lowest BCUT2D eigenvalue weighted by Gasteiger charge is -2.08. The number of hydrogen-bond donors (Lipinski definition) is 0. The molecule has 0 aliphatic carbocycles. The zero-order valence-corrected chi connectivity index (χ0v) is 12.0. The molecule has 2 aromatic rings. The number of aromatic nitrogens is 2. The molecule has 0 spiro atoms. The van der Waals surface area contributed by atoms with E-state index in [9.17, 15) is 14.4 Å². The highest BCUT2D eigenvalue weighted by atomic mass is 16.2. The summed E-state index contributed by atoms with van der Waals surface area (Å²) in [4.78, 5) is 36.0. The number of nitrogens with zero attached hydrogens (tertiary/aromatic N) is 2. The number of aryl methyl sites for hydroxylation is 1. The minimum atomic E-state index is -0.367. The highest BCUT2D eigenvalue weighted by Gasteiger charge is 2.09. The van der Waals surface area contributed by atoms with Crippen LogP contribution in [-0.4, -0.2) is 14.9 Å². The van der Waals surface area contributed by atoms with Crippen molar-refractivity contribution < 1.29 is 4.79 Å². The van der Waals surface area contributed by atoms with Crippen LogP contribution in [0.1, 0.15) is 30.1 Å². The highest BCUT2D eigenvalue weighted by Crippen LogP contribution is 2.03. The molecule has 110 valence electrons. The summed E-state index contributed by atoms with van der Waals surface area (Å²) in [5.41, 5.74) is -0.131. The number of benzene rings is 1. The third-order valence-electron chi connectivity index (χ3n) is 3.26. The molecule has 0 saturated heterocycles. The second-order valence-electron chi connectivity index (χ2n) is 4.82. The van der Waals surface area contributed by atoms with E-state index >= 15 is 0 Å². The van der Waals surface area contributed by atoms with E-state index in [0.29, 0.717) is 12.1 Å². The van der Waals surface area contributed by atoms with Crippen molar-refractivity contribution >= 4 is 5.78 Å². The maximum Gasteiger partial charge on any atom is 0.330 e. The molecule has 21 heavy (non-hydrogen) atoms. The molecule has 0 amide bonds. The molecular weight excluding hydrogens is 268 g/mol. The van der Waals surface area contributed by atoms with Crippen LogP contribution in [0.5, 0.6) is 0 Å². The van der Waals surface area contributed by atoms with Crippen molar-refractivity contribution in [2.45, 2.75) is 32.9 Å². The molecule has 0 saturated carbocycles. The van der Waals surface area contributed by atoms with Crippen molar-refractivity contribution in [1.29, 1.82) is 0 Å². The van der Waals surface area contributed by atoms with Crippen LogP contribution in [0.25, 0.3) is 0 Å². The average molecular weight is 286 g/mol. The minimum Gasteiger partial charge on any atom is -0.300 e. The van der Waals surface area contributed by atoms with Gasteiger partial charge >= 0.3 is 5.69 Å². The summed E-state index contributed by atoms with van der Waals surface area (Å²) >= 11 is 0. The Kier molecular flexibility index (Phi) is 4.87. The Labute approximate surface area is 122 Å². The van der Waals surface area contributed by atoms with E-state index in [4.69, 9.17) is 0 Å². The molecule has 0 aliphatic rings. The van der Waals surface area contributed by atoms with Crippen LogP contribution in [0, 0.1) is 0 Å². The topological polar surface area (TPSA) is 61.1 Å². The molecular formula is C16H18N2O3. The van der Waals surface area contributed by atoms with Crippen molar-refractivity contribution in [3.63, 3.8) is 0 Å². The van der Waals surface area contributed by atoms with Gasteiger partial charge in [-0.3, -0.25) is 14.2 Å². The molecule has 0 radical (unpaired) electrons. The Morgan fingerprint density at radius 1 is 1.05 bits per heavy atom. The molecule has 1 aromatic carbocycles. The number of hydrogen-bond acceptors (Lipinski definition) is 3. The van der Waals surface area contributed by atoms with Crippen molar-refractivity contribution in [3.05, 3.63) is 69.0 Å². The van der Waals surface area contributed by atoms with Gasteiger partial charge in [0, 0.05) is 37.3 Å². The van der Waals surface area contributed by atoms with Gasteiger partial charge < -0.3 is 4.57 Å². The molecule has 0 N–H and O–H groups in total. The van der Waals surface area contributed by atoms with Crippen LogP contribution in [-0.2, 0) is 13.1 Å². The first kappa shape index (κ1) is 15.0. The summed E-state index contributed by atoms with van der Waals surface area (Å²) < 4.78 is 2.62. The third kappa shape index (κ3) is 3.56. The predicted molar refractivity (Wildman–Crippen MR) is 80.6 cm³/mol. The second-order valence-corrected chi connectivity index (χ2v) is 4.82. The fourth-order valence-electron chi connectivity index (χ4n) is 2.16. The minimum absolute atomic E-state index is 0.0761. The van der Waals surface area contributed by atoms with Crippen LogP contribution in [0.2, 0.25) is 0 Å². The molecule has 1 aromatic heterocycles. The van der Waals surface area contributed by atoms with Gasteiger partial charge in [-0.05, 0) is 6.42 Å². The lowest BCUT2D eigenvalue weighted by molar-refractivity contribution is 0.0976. The summed E-state index contributed by atoms with van der Waals surface area (Å²) in [7, 11) is 0. The second kappa shape index (κ2) is 6.83. The number of rotatable bonds is 6. The molecule has 5 nitrogen and oxygen atoms in total. The van der Waals surface area contributed by atoms with Gasteiger partial charge in [0.15, 0.2) is 5.78 Å². The van der Waals surface area contributed by atoms with E-state index < -0.39 is 0 Å².